The summed E-state index contributed by atoms with van der Waals surface area (Å²) in [5, 5.41) is 2.91. The number of nitrogens with one attached hydrogen (secondary N) is 1. The lowest BCUT2D eigenvalue weighted by Gasteiger charge is -2.12. The predicted molar refractivity (Wildman–Crippen MR) is 86.4 cm³/mol. The average molecular weight is 299 g/mol. The topological polar surface area (TPSA) is 47.6 Å². The van der Waals surface area contributed by atoms with E-state index in [0.717, 1.165) is 5.56 Å². The van der Waals surface area contributed by atoms with E-state index in [9.17, 15) is 4.79 Å². The summed E-state index contributed by atoms with van der Waals surface area (Å²) in [5.74, 6) is 1.08. The monoisotopic (exact) mass is 299 g/mol. The van der Waals surface area contributed by atoms with E-state index in [0.29, 0.717) is 36.8 Å². The molecule has 0 fully saturated rings. The third-order valence-corrected chi connectivity index (χ3v) is 3.10. The minimum atomic E-state index is -0.157. The maximum absolute atomic E-state index is 12.4. The lowest BCUT2D eigenvalue weighted by molar-refractivity contribution is 0.0947. The molecule has 0 saturated heterocycles. The molecule has 0 atom stereocenters. The molecule has 0 aromatic heterocycles. The van der Waals surface area contributed by atoms with Crippen LogP contribution in [0.2, 0.25) is 0 Å². The van der Waals surface area contributed by atoms with Gasteiger partial charge in [-0.15, -0.1) is 0 Å². The first kappa shape index (κ1) is 15.9. The lowest BCUT2D eigenvalue weighted by Crippen LogP contribution is -2.23. The first-order valence-corrected chi connectivity index (χ1v) is 7.46. The van der Waals surface area contributed by atoms with Crippen LogP contribution in [0.15, 0.2) is 48.5 Å². The molecule has 0 saturated carbocycles. The summed E-state index contributed by atoms with van der Waals surface area (Å²) in [6, 6.07) is 15.1. The zero-order valence-corrected chi connectivity index (χ0v) is 13.0. The Kier molecular flexibility index (Phi) is 5.83. The molecule has 1 amide bonds. The molecule has 4 heteroatoms. The van der Waals surface area contributed by atoms with Crippen LogP contribution in [0.5, 0.6) is 11.5 Å². The summed E-state index contributed by atoms with van der Waals surface area (Å²) in [4.78, 5) is 12.4. The third-order valence-electron chi connectivity index (χ3n) is 3.10. The van der Waals surface area contributed by atoms with Gasteiger partial charge in [-0.3, -0.25) is 4.79 Å². The lowest BCUT2D eigenvalue weighted by atomic mass is 10.1. The van der Waals surface area contributed by atoms with Crippen molar-refractivity contribution in [2.45, 2.75) is 20.4 Å². The van der Waals surface area contributed by atoms with Gasteiger partial charge in [-0.2, -0.15) is 0 Å². The molecule has 0 bridgehead atoms. The quantitative estimate of drug-likeness (QED) is 0.852. The summed E-state index contributed by atoms with van der Waals surface area (Å²) in [5.41, 5.74) is 1.57. The maximum Gasteiger partial charge on any atom is 0.255 e. The summed E-state index contributed by atoms with van der Waals surface area (Å²) in [6.07, 6.45) is 0. The number of hydrogen-bond acceptors (Lipinski definition) is 3. The van der Waals surface area contributed by atoms with Crippen LogP contribution in [0.4, 0.5) is 0 Å². The Morgan fingerprint density at radius 2 is 1.73 bits per heavy atom. The van der Waals surface area contributed by atoms with Crippen molar-refractivity contribution in [3.8, 4) is 11.5 Å². The first-order valence-electron chi connectivity index (χ1n) is 7.46. The van der Waals surface area contributed by atoms with Crippen molar-refractivity contribution in [1.82, 2.24) is 5.32 Å². The molecule has 2 aromatic rings. The van der Waals surface area contributed by atoms with Crippen LogP contribution in [-0.4, -0.2) is 19.1 Å². The molecule has 0 radical (unpaired) electrons. The number of ether oxygens (including phenoxy) is 2. The van der Waals surface area contributed by atoms with Gasteiger partial charge in [0.05, 0.1) is 18.8 Å². The molecule has 0 aliphatic carbocycles. The number of rotatable bonds is 7. The van der Waals surface area contributed by atoms with E-state index >= 15 is 0 Å². The highest BCUT2D eigenvalue weighted by Crippen LogP contribution is 2.25. The zero-order valence-electron chi connectivity index (χ0n) is 13.0. The van der Waals surface area contributed by atoms with Gasteiger partial charge in [-0.25, -0.2) is 0 Å². The molecule has 22 heavy (non-hydrogen) atoms. The highest BCUT2D eigenvalue weighted by atomic mass is 16.5. The van der Waals surface area contributed by atoms with Crippen molar-refractivity contribution in [3.63, 3.8) is 0 Å². The molecule has 1 N–H and O–H groups in total. The number of hydrogen-bond donors (Lipinski definition) is 1. The number of carbonyl (C=O) groups excluding carboxylic acids is 1. The second-order valence-electron chi connectivity index (χ2n) is 4.69. The van der Waals surface area contributed by atoms with Gasteiger partial charge in [0.25, 0.3) is 5.91 Å². The number of benzene rings is 2. The van der Waals surface area contributed by atoms with Gasteiger partial charge in [0.15, 0.2) is 0 Å². The smallest absolute Gasteiger partial charge is 0.255 e. The fourth-order valence-electron chi connectivity index (χ4n) is 2.10. The predicted octanol–water partition coefficient (Wildman–Crippen LogP) is 3.41. The molecule has 2 rings (SSSR count). The van der Waals surface area contributed by atoms with Crippen LogP contribution in [0, 0.1) is 0 Å². The van der Waals surface area contributed by atoms with Crippen molar-refractivity contribution >= 4 is 5.91 Å². The van der Waals surface area contributed by atoms with Crippen LogP contribution in [-0.2, 0) is 6.54 Å². The van der Waals surface area contributed by atoms with Gasteiger partial charge in [-0.05, 0) is 31.5 Å². The molecule has 116 valence electrons. The Morgan fingerprint density at radius 1 is 1.00 bits per heavy atom. The van der Waals surface area contributed by atoms with Crippen LogP contribution >= 0.6 is 0 Å². The molecule has 0 aliphatic rings. The average Bonchev–Trinajstić information content (AvgIpc) is 2.54. The van der Waals surface area contributed by atoms with Crippen molar-refractivity contribution in [2.24, 2.45) is 0 Å². The van der Waals surface area contributed by atoms with Gasteiger partial charge >= 0.3 is 0 Å². The van der Waals surface area contributed by atoms with Crippen molar-refractivity contribution in [1.29, 1.82) is 0 Å². The minimum Gasteiger partial charge on any atom is -0.494 e. The normalized spacial score (nSPS) is 10.1. The first-order chi connectivity index (χ1) is 10.7. The minimum absolute atomic E-state index is 0.157. The summed E-state index contributed by atoms with van der Waals surface area (Å²) < 4.78 is 11.0. The Morgan fingerprint density at radius 3 is 2.41 bits per heavy atom. The summed E-state index contributed by atoms with van der Waals surface area (Å²) >= 11 is 0. The Balaban J connectivity index is 2.10. The van der Waals surface area contributed by atoms with E-state index in [2.05, 4.69) is 5.32 Å². The van der Waals surface area contributed by atoms with Crippen LogP contribution in [0.1, 0.15) is 29.8 Å². The largest absolute Gasteiger partial charge is 0.494 e. The Hall–Kier alpha value is -2.49. The molecule has 4 nitrogen and oxygen atoms in total. The molecular weight excluding hydrogens is 278 g/mol. The van der Waals surface area contributed by atoms with Crippen LogP contribution < -0.4 is 14.8 Å². The van der Waals surface area contributed by atoms with Gasteiger partial charge < -0.3 is 14.8 Å². The van der Waals surface area contributed by atoms with Gasteiger partial charge in [0, 0.05) is 12.6 Å². The molecule has 0 spiro atoms. The van der Waals surface area contributed by atoms with E-state index in [1.54, 1.807) is 18.2 Å². The maximum atomic E-state index is 12.4. The molecular formula is C18H21NO3. The molecule has 2 aromatic carbocycles. The highest BCUT2D eigenvalue weighted by molar-refractivity contribution is 5.97. The standard InChI is InChI=1S/C18H21NO3/c1-3-21-15-10-11-16(17(12-15)22-4-2)18(20)19-13-14-8-6-5-7-9-14/h5-12H,3-4,13H2,1-2H3,(H,19,20). The molecule has 0 aliphatic heterocycles. The second-order valence-corrected chi connectivity index (χ2v) is 4.69. The van der Waals surface area contributed by atoms with E-state index < -0.39 is 0 Å². The summed E-state index contributed by atoms with van der Waals surface area (Å²) in [6.45, 7) is 5.36. The van der Waals surface area contributed by atoms with Gasteiger partial charge in [-0.1, -0.05) is 30.3 Å². The van der Waals surface area contributed by atoms with Gasteiger partial charge in [0.2, 0.25) is 0 Å². The Bertz CT molecular complexity index is 611. The number of amides is 1. The van der Waals surface area contributed by atoms with E-state index in [4.69, 9.17) is 9.47 Å². The third kappa shape index (κ3) is 4.25. The Labute approximate surface area is 131 Å². The van der Waals surface area contributed by atoms with Crippen molar-refractivity contribution < 1.29 is 14.3 Å². The van der Waals surface area contributed by atoms with E-state index in [-0.39, 0.29) is 5.91 Å². The van der Waals surface area contributed by atoms with Crippen LogP contribution in [0.3, 0.4) is 0 Å². The van der Waals surface area contributed by atoms with E-state index in [1.165, 1.54) is 0 Å². The highest BCUT2D eigenvalue weighted by Gasteiger charge is 2.13. The SMILES string of the molecule is CCOc1ccc(C(=O)NCc2ccccc2)c(OCC)c1. The van der Waals surface area contributed by atoms with Gasteiger partial charge in [0.1, 0.15) is 11.5 Å². The number of carbonyl (C=O) groups is 1. The summed E-state index contributed by atoms with van der Waals surface area (Å²) in [7, 11) is 0. The molecule has 0 unspecified atom stereocenters. The van der Waals surface area contributed by atoms with E-state index in [1.807, 2.05) is 44.2 Å². The molecule has 0 heterocycles. The van der Waals surface area contributed by atoms with Crippen LogP contribution in [0.25, 0.3) is 0 Å². The zero-order chi connectivity index (χ0) is 15.8. The fraction of sp³-hybridized carbons (Fsp3) is 0.278. The van der Waals surface area contributed by atoms with Crippen molar-refractivity contribution in [3.05, 3.63) is 59.7 Å². The fourth-order valence-corrected chi connectivity index (χ4v) is 2.10. The second kappa shape index (κ2) is 8.08. The van der Waals surface area contributed by atoms with Crippen molar-refractivity contribution in [2.75, 3.05) is 13.2 Å².